The van der Waals surface area contributed by atoms with Crippen LogP contribution in [0.2, 0.25) is 0 Å². The van der Waals surface area contributed by atoms with Crippen LogP contribution in [-0.4, -0.2) is 13.4 Å². The molecule has 0 fully saturated rings. The molecule has 0 radical (unpaired) electrons. The van der Waals surface area contributed by atoms with Crippen molar-refractivity contribution in [2.45, 2.75) is 0 Å². The minimum absolute atomic E-state index is 0.616. The average molecular weight is 215 g/mol. The molecule has 0 spiro atoms. The fourth-order valence-electron chi connectivity index (χ4n) is 0.750. The maximum absolute atomic E-state index is 10.3. The maximum Gasteiger partial charge on any atom is 0.150 e. The number of hydrogen-bond donors (Lipinski definition) is 0. The van der Waals surface area contributed by atoms with Gasteiger partial charge in [0.2, 0.25) is 0 Å². The van der Waals surface area contributed by atoms with Crippen molar-refractivity contribution >= 4 is 22.2 Å². The number of methoxy groups -OCH3 is 1. The van der Waals surface area contributed by atoms with E-state index in [0.717, 1.165) is 10.8 Å². The first-order valence-corrected chi connectivity index (χ1v) is 3.86. The normalized spacial score (nSPS) is 9.27. The van der Waals surface area contributed by atoms with Crippen LogP contribution in [0.15, 0.2) is 22.7 Å². The van der Waals surface area contributed by atoms with E-state index in [9.17, 15) is 4.79 Å². The number of halogens is 1. The Hall–Kier alpha value is -0.830. The SMILES string of the molecule is COc1cc(C=O)ccc1Br. The Labute approximate surface area is 73.3 Å². The van der Waals surface area contributed by atoms with Gasteiger partial charge in [0.25, 0.3) is 0 Å². The first-order valence-electron chi connectivity index (χ1n) is 3.06. The summed E-state index contributed by atoms with van der Waals surface area (Å²) in [7, 11) is 1.56. The van der Waals surface area contributed by atoms with Gasteiger partial charge in [0.05, 0.1) is 11.6 Å². The third-order valence-corrected chi connectivity index (χ3v) is 1.97. The third kappa shape index (κ3) is 1.80. The number of ether oxygens (including phenoxy) is 1. The van der Waals surface area contributed by atoms with Crippen molar-refractivity contribution in [1.82, 2.24) is 0 Å². The summed E-state index contributed by atoms with van der Waals surface area (Å²) in [4.78, 5) is 10.3. The Kier molecular flexibility index (Phi) is 2.65. The van der Waals surface area contributed by atoms with Gasteiger partial charge in [-0.25, -0.2) is 0 Å². The predicted molar refractivity (Wildman–Crippen MR) is 46.1 cm³/mol. The lowest BCUT2D eigenvalue weighted by Crippen LogP contribution is -1.86. The van der Waals surface area contributed by atoms with Crippen LogP contribution in [0.3, 0.4) is 0 Å². The van der Waals surface area contributed by atoms with Crippen molar-refractivity contribution < 1.29 is 9.53 Å². The smallest absolute Gasteiger partial charge is 0.150 e. The van der Waals surface area contributed by atoms with Gasteiger partial charge < -0.3 is 4.74 Å². The maximum atomic E-state index is 10.3. The lowest BCUT2D eigenvalue weighted by molar-refractivity contribution is 0.112. The highest BCUT2D eigenvalue weighted by atomic mass is 79.9. The van der Waals surface area contributed by atoms with E-state index < -0.39 is 0 Å². The van der Waals surface area contributed by atoms with Gasteiger partial charge in [-0.3, -0.25) is 4.79 Å². The van der Waals surface area contributed by atoms with Gasteiger partial charge in [-0.1, -0.05) is 6.07 Å². The van der Waals surface area contributed by atoms with Crippen LogP contribution in [0, 0.1) is 0 Å². The van der Waals surface area contributed by atoms with E-state index in [1.165, 1.54) is 0 Å². The van der Waals surface area contributed by atoms with Gasteiger partial charge in [-0.2, -0.15) is 0 Å². The molecule has 0 atom stereocenters. The highest BCUT2D eigenvalue weighted by molar-refractivity contribution is 9.10. The zero-order valence-electron chi connectivity index (χ0n) is 6.00. The Morgan fingerprint density at radius 3 is 2.82 bits per heavy atom. The quantitative estimate of drug-likeness (QED) is 0.707. The largest absolute Gasteiger partial charge is 0.496 e. The Morgan fingerprint density at radius 1 is 1.55 bits per heavy atom. The van der Waals surface area contributed by atoms with Crippen LogP contribution in [0.5, 0.6) is 5.75 Å². The summed E-state index contributed by atoms with van der Waals surface area (Å²) in [6.07, 6.45) is 0.787. The van der Waals surface area contributed by atoms with Crippen LogP contribution >= 0.6 is 15.9 Å². The zero-order chi connectivity index (χ0) is 8.27. The molecular formula is C8H7BrO2. The fourth-order valence-corrected chi connectivity index (χ4v) is 1.16. The second-order valence-electron chi connectivity index (χ2n) is 2.01. The van der Waals surface area contributed by atoms with Crippen LogP contribution < -0.4 is 4.74 Å². The first-order chi connectivity index (χ1) is 5.27. The van der Waals surface area contributed by atoms with E-state index >= 15 is 0 Å². The fraction of sp³-hybridized carbons (Fsp3) is 0.125. The second kappa shape index (κ2) is 3.53. The number of hydrogen-bond acceptors (Lipinski definition) is 2. The van der Waals surface area contributed by atoms with E-state index in [1.54, 1.807) is 25.3 Å². The van der Waals surface area contributed by atoms with Crippen LogP contribution in [0.25, 0.3) is 0 Å². The molecule has 0 aliphatic heterocycles. The molecule has 0 amide bonds. The first kappa shape index (κ1) is 8.27. The van der Waals surface area contributed by atoms with E-state index in [-0.39, 0.29) is 0 Å². The molecule has 1 rings (SSSR count). The monoisotopic (exact) mass is 214 g/mol. The molecule has 1 aromatic rings. The standard InChI is InChI=1S/C8H7BrO2/c1-11-8-4-6(5-10)2-3-7(8)9/h2-5H,1H3. The minimum atomic E-state index is 0.616. The molecule has 0 N–H and O–H groups in total. The van der Waals surface area contributed by atoms with Crippen molar-refractivity contribution in [3.8, 4) is 5.75 Å². The van der Waals surface area contributed by atoms with Gasteiger partial charge in [0.15, 0.2) is 0 Å². The molecule has 0 bridgehead atoms. The molecule has 0 saturated heterocycles. The van der Waals surface area contributed by atoms with Crippen LogP contribution in [0.1, 0.15) is 10.4 Å². The van der Waals surface area contributed by atoms with E-state index in [0.29, 0.717) is 11.3 Å². The van der Waals surface area contributed by atoms with Gasteiger partial charge in [-0.05, 0) is 28.1 Å². The Bertz CT molecular complexity index is 271. The highest BCUT2D eigenvalue weighted by Gasteiger charge is 1.99. The molecule has 0 unspecified atom stereocenters. The predicted octanol–water partition coefficient (Wildman–Crippen LogP) is 2.27. The van der Waals surface area contributed by atoms with Crippen molar-refractivity contribution in [2.24, 2.45) is 0 Å². The molecule has 58 valence electrons. The summed E-state index contributed by atoms with van der Waals surface area (Å²) >= 11 is 3.28. The third-order valence-electron chi connectivity index (χ3n) is 1.31. The van der Waals surface area contributed by atoms with Crippen molar-refractivity contribution in [3.05, 3.63) is 28.2 Å². The molecule has 1 aromatic carbocycles. The van der Waals surface area contributed by atoms with Gasteiger partial charge >= 0.3 is 0 Å². The molecule has 11 heavy (non-hydrogen) atoms. The number of rotatable bonds is 2. The minimum Gasteiger partial charge on any atom is -0.496 e. The van der Waals surface area contributed by atoms with Crippen LogP contribution in [-0.2, 0) is 0 Å². The molecule has 0 aromatic heterocycles. The number of benzene rings is 1. The lowest BCUT2D eigenvalue weighted by atomic mass is 10.2. The van der Waals surface area contributed by atoms with Crippen molar-refractivity contribution in [1.29, 1.82) is 0 Å². The number of aldehydes is 1. The lowest BCUT2D eigenvalue weighted by Gasteiger charge is -2.01. The molecule has 0 heterocycles. The summed E-state index contributed by atoms with van der Waals surface area (Å²) in [5.41, 5.74) is 0.616. The van der Waals surface area contributed by atoms with Gasteiger partial charge in [-0.15, -0.1) is 0 Å². The van der Waals surface area contributed by atoms with Crippen LogP contribution in [0.4, 0.5) is 0 Å². The second-order valence-corrected chi connectivity index (χ2v) is 2.87. The van der Waals surface area contributed by atoms with Crippen molar-refractivity contribution in [2.75, 3.05) is 7.11 Å². The molecule has 0 aliphatic carbocycles. The molecule has 0 saturated carbocycles. The Balaban J connectivity index is 3.12. The summed E-state index contributed by atoms with van der Waals surface area (Å²) < 4.78 is 5.83. The number of carbonyl (C=O) groups is 1. The van der Waals surface area contributed by atoms with Crippen molar-refractivity contribution in [3.63, 3.8) is 0 Å². The molecular weight excluding hydrogens is 208 g/mol. The molecule has 3 heteroatoms. The zero-order valence-corrected chi connectivity index (χ0v) is 7.59. The van der Waals surface area contributed by atoms with E-state index in [4.69, 9.17) is 4.74 Å². The molecule has 0 aliphatic rings. The summed E-state index contributed by atoms with van der Waals surface area (Å²) in [5.74, 6) is 0.676. The van der Waals surface area contributed by atoms with E-state index in [2.05, 4.69) is 15.9 Å². The summed E-state index contributed by atoms with van der Waals surface area (Å²) in [6.45, 7) is 0. The average Bonchev–Trinajstić information content (AvgIpc) is 2.05. The van der Waals surface area contributed by atoms with Gasteiger partial charge in [0.1, 0.15) is 12.0 Å². The Morgan fingerprint density at radius 2 is 2.27 bits per heavy atom. The summed E-state index contributed by atoms with van der Waals surface area (Å²) in [6, 6.07) is 5.18. The highest BCUT2D eigenvalue weighted by Crippen LogP contribution is 2.24. The summed E-state index contributed by atoms with van der Waals surface area (Å²) in [5, 5.41) is 0. The number of carbonyl (C=O) groups excluding carboxylic acids is 1. The molecule has 2 nitrogen and oxygen atoms in total. The topological polar surface area (TPSA) is 26.3 Å². The van der Waals surface area contributed by atoms with E-state index in [1.807, 2.05) is 0 Å². The van der Waals surface area contributed by atoms with Gasteiger partial charge in [0, 0.05) is 5.56 Å².